The molecule has 4 nitrogen and oxygen atoms in total. The molecule has 0 N–H and O–H groups in total. The van der Waals surface area contributed by atoms with Gasteiger partial charge in [0.25, 0.3) is 11.8 Å². The molecular formula is C22H18N2O2S. The van der Waals surface area contributed by atoms with E-state index in [0.29, 0.717) is 17.0 Å². The quantitative estimate of drug-likeness (QED) is 0.632. The molecule has 0 saturated carbocycles. The highest BCUT2D eigenvalue weighted by Crippen LogP contribution is 2.38. The Kier molecular flexibility index (Phi) is 4.38. The van der Waals surface area contributed by atoms with E-state index in [0.717, 1.165) is 16.1 Å². The smallest absolute Gasteiger partial charge is 0.282 e. The molecule has 3 aromatic rings. The number of rotatable bonds is 4. The zero-order chi connectivity index (χ0) is 19.0. The van der Waals surface area contributed by atoms with Gasteiger partial charge in [0.2, 0.25) is 0 Å². The number of carbonyl (C=O) groups is 2. The van der Waals surface area contributed by atoms with Crippen LogP contribution in [-0.2, 0) is 9.59 Å². The fourth-order valence-electron chi connectivity index (χ4n) is 3.29. The molecule has 2 aromatic carbocycles. The molecule has 27 heavy (non-hydrogen) atoms. The van der Waals surface area contributed by atoms with Gasteiger partial charge in [0, 0.05) is 17.6 Å². The predicted molar refractivity (Wildman–Crippen MR) is 110 cm³/mol. The minimum atomic E-state index is -0.302. The second kappa shape index (κ2) is 6.85. The first-order valence-corrected chi connectivity index (χ1v) is 9.49. The number of hydrogen-bond acceptors (Lipinski definition) is 4. The maximum Gasteiger partial charge on any atom is 0.282 e. The molecule has 1 aromatic heterocycles. The SMILES string of the molecule is Cc1ccccc1N1C(=O)C(c2cccs2)=C(N(C)c2ccccc2)C1=O. The van der Waals surface area contributed by atoms with Crippen molar-refractivity contribution < 1.29 is 9.59 Å². The van der Waals surface area contributed by atoms with Crippen molar-refractivity contribution in [1.29, 1.82) is 0 Å². The van der Waals surface area contributed by atoms with Crippen molar-refractivity contribution >= 4 is 40.1 Å². The summed E-state index contributed by atoms with van der Waals surface area (Å²) < 4.78 is 0. The van der Waals surface area contributed by atoms with Gasteiger partial charge < -0.3 is 4.90 Å². The van der Waals surface area contributed by atoms with Crippen LogP contribution in [-0.4, -0.2) is 18.9 Å². The van der Waals surface area contributed by atoms with E-state index in [-0.39, 0.29) is 11.8 Å². The Morgan fingerprint density at radius 1 is 0.852 bits per heavy atom. The molecule has 2 heterocycles. The van der Waals surface area contributed by atoms with E-state index in [2.05, 4.69) is 0 Å². The number of likely N-dealkylation sites (N-methyl/N-ethyl adjacent to an activating group) is 1. The molecule has 0 spiro atoms. The van der Waals surface area contributed by atoms with Crippen LogP contribution < -0.4 is 9.80 Å². The van der Waals surface area contributed by atoms with Crippen LogP contribution in [0.15, 0.2) is 77.8 Å². The highest BCUT2D eigenvalue weighted by Gasteiger charge is 2.42. The van der Waals surface area contributed by atoms with Crippen LogP contribution in [0.2, 0.25) is 0 Å². The van der Waals surface area contributed by atoms with Gasteiger partial charge in [0.05, 0.1) is 11.3 Å². The Hall–Kier alpha value is -3.18. The third-order valence-corrected chi connectivity index (χ3v) is 5.55. The van der Waals surface area contributed by atoms with Crippen LogP contribution in [0.3, 0.4) is 0 Å². The number of anilines is 2. The summed E-state index contributed by atoms with van der Waals surface area (Å²) in [5.74, 6) is -0.585. The average Bonchev–Trinajstić information content (AvgIpc) is 3.29. The number of carbonyl (C=O) groups excluding carboxylic acids is 2. The Morgan fingerprint density at radius 2 is 1.56 bits per heavy atom. The maximum atomic E-state index is 13.4. The number of benzene rings is 2. The van der Waals surface area contributed by atoms with Crippen LogP contribution >= 0.6 is 11.3 Å². The normalized spacial score (nSPS) is 14.2. The van der Waals surface area contributed by atoms with Crippen LogP contribution in [0.4, 0.5) is 11.4 Å². The van der Waals surface area contributed by atoms with E-state index in [1.165, 1.54) is 16.2 Å². The van der Waals surface area contributed by atoms with Gasteiger partial charge in [-0.25, -0.2) is 4.90 Å². The molecule has 1 aliphatic rings. The fourth-order valence-corrected chi connectivity index (χ4v) is 4.05. The van der Waals surface area contributed by atoms with E-state index in [1.807, 2.05) is 86.1 Å². The summed E-state index contributed by atoms with van der Waals surface area (Å²) in [6.07, 6.45) is 0. The summed E-state index contributed by atoms with van der Waals surface area (Å²) >= 11 is 1.46. The van der Waals surface area contributed by atoms with Gasteiger partial charge in [0.15, 0.2) is 0 Å². The Bertz CT molecular complexity index is 1040. The largest absolute Gasteiger partial charge is 0.339 e. The van der Waals surface area contributed by atoms with Gasteiger partial charge >= 0.3 is 0 Å². The van der Waals surface area contributed by atoms with E-state index in [9.17, 15) is 9.59 Å². The summed E-state index contributed by atoms with van der Waals surface area (Å²) in [6, 6.07) is 20.8. The lowest BCUT2D eigenvalue weighted by Gasteiger charge is -2.22. The van der Waals surface area contributed by atoms with Gasteiger partial charge in [-0.3, -0.25) is 9.59 Å². The van der Waals surface area contributed by atoms with Crippen LogP contribution in [0.5, 0.6) is 0 Å². The second-order valence-corrected chi connectivity index (χ2v) is 7.28. The molecule has 134 valence electrons. The molecule has 2 amide bonds. The monoisotopic (exact) mass is 374 g/mol. The van der Waals surface area contributed by atoms with E-state index in [4.69, 9.17) is 0 Å². The van der Waals surface area contributed by atoms with Gasteiger partial charge in [-0.2, -0.15) is 0 Å². The van der Waals surface area contributed by atoms with E-state index >= 15 is 0 Å². The standard InChI is InChI=1S/C22H18N2O2S/c1-15-9-6-7-12-17(15)24-21(25)19(18-13-8-14-27-18)20(22(24)26)23(2)16-10-4-3-5-11-16/h3-14H,1-2H3. The van der Waals surface area contributed by atoms with Gasteiger partial charge in [0.1, 0.15) is 5.70 Å². The Balaban J connectivity index is 1.88. The van der Waals surface area contributed by atoms with Crippen molar-refractivity contribution in [3.8, 4) is 0 Å². The third-order valence-electron chi connectivity index (χ3n) is 4.66. The minimum Gasteiger partial charge on any atom is -0.339 e. The van der Waals surface area contributed by atoms with Gasteiger partial charge in [-0.1, -0.05) is 42.5 Å². The highest BCUT2D eigenvalue weighted by atomic mass is 32.1. The average molecular weight is 374 g/mol. The maximum absolute atomic E-state index is 13.4. The third kappa shape index (κ3) is 2.86. The van der Waals surface area contributed by atoms with Gasteiger partial charge in [-0.15, -0.1) is 11.3 Å². The lowest BCUT2D eigenvalue weighted by molar-refractivity contribution is -0.120. The molecule has 0 fully saturated rings. The lowest BCUT2D eigenvalue weighted by atomic mass is 10.1. The van der Waals surface area contributed by atoms with Gasteiger partial charge in [-0.05, 0) is 42.1 Å². The number of nitrogens with zero attached hydrogens (tertiary/aromatic N) is 2. The molecule has 0 saturated heterocycles. The highest BCUT2D eigenvalue weighted by molar-refractivity contribution is 7.11. The zero-order valence-electron chi connectivity index (χ0n) is 15.0. The molecule has 0 radical (unpaired) electrons. The van der Waals surface area contributed by atoms with Crippen LogP contribution in [0, 0.1) is 6.92 Å². The predicted octanol–water partition coefficient (Wildman–Crippen LogP) is 4.48. The molecular weight excluding hydrogens is 356 g/mol. The van der Waals surface area contributed by atoms with Crippen molar-refractivity contribution in [3.63, 3.8) is 0 Å². The topological polar surface area (TPSA) is 40.6 Å². The first kappa shape index (κ1) is 17.2. The molecule has 0 aliphatic carbocycles. The summed E-state index contributed by atoms with van der Waals surface area (Å²) in [7, 11) is 1.82. The number of amides is 2. The first-order chi connectivity index (χ1) is 13.1. The molecule has 1 aliphatic heterocycles. The second-order valence-electron chi connectivity index (χ2n) is 6.33. The number of imide groups is 1. The van der Waals surface area contributed by atoms with Crippen molar-refractivity contribution in [1.82, 2.24) is 0 Å². The number of hydrogen-bond donors (Lipinski definition) is 0. The summed E-state index contributed by atoms with van der Waals surface area (Å²) in [5.41, 5.74) is 3.21. The molecule has 0 atom stereocenters. The van der Waals surface area contributed by atoms with Crippen LogP contribution in [0.1, 0.15) is 10.4 Å². The fraction of sp³-hybridized carbons (Fsp3) is 0.0909. The first-order valence-electron chi connectivity index (χ1n) is 8.61. The lowest BCUT2D eigenvalue weighted by Crippen LogP contribution is -2.34. The Morgan fingerprint density at radius 3 is 2.22 bits per heavy atom. The summed E-state index contributed by atoms with van der Waals surface area (Å²) in [5, 5.41) is 1.91. The van der Waals surface area contributed by atoms with E-state index in [1.54, 1.807) is 4.90 Å². The number of para-hydroxylation sites is 2. The molecule has 0 unspecified atom stereocenters. The molecule has 4 rings (SSSR count). The molecule has 5 heteroatoms. The van der Waals surface area contributed by atoms with E-state index < -0.39 is 0 Å². The van der Waals surface area contributed by atoms with Crippen molar-refractivity contribution in [2.24, 2.45) is 0 Å². The Labute approximate surface area is 162 Å². The zero-order valence-corrected chi connectivity index (χ0v) is 15.9. The number of aryl methyl sites for hydroxylation is 1. The van der Waals surface area contributed by atoms with Crippen molar-refractivity contribution in [2.45, 2.75) is 6.92 Å². The summed E-state index contributed by atoms with van der Waals surface area (Å²) in [6.45, 7) is 1.90. The van der Waals surface area contributed by atoms with Crippen LogP contribution in [0.25, 0.3) is 5.57 Å². The van der Waals surface area contributed by atoms with Crippen molar-refractivity contribution in [2.75, 3.05) is 16.8 Å². The minimum absolute atomic E-state index is 0.283. The molecule has 0 bridgehead atoms. The number of thiophene rings is 1. The van der Waals surface area contributed by atoms with Crippen molar-refractivity contribution in [3.05, 3.63) is 88.2 Å². The summed E-state index contributed by atoms with van der Waals surface area (Å²) in [4.78, 5) is 30.6.